The monoisotopic (exact) mass is 312 g/mol. The summed E-state index contributed by atoms with van der Waals surface area (Å²) in [5.74, 6) is 0.748. The Labute approximate surface area is 121 Å². The largest absolute Gasteiger partial charge is 0.383 e. The first-order chi connectivity index (χ1) is 9.10. The maximum atomic E-state index is 12.2. The van der Waals surface area contributed by atoms with Crippen molar-refractivity contribution in [1.82, 2.24) is 9.21 Å². The molecular weight excluding hydrogens is 288 g/mol. The van der Waals surface area contributed by atoms with Crippen molar-refractivity contribution in [1.29, 1.82) is 0 Å². The van der Waals surface area contributed by atoms with Crippen molar-refractivity contribution < 1.29 is 13.2 Å². The molecule has 1 rings (SSSR count). The molecule has 1 aliphatic rings. The molecule has 0 radical (unpaired) electrons. The van der Waals surface area contributed by atoms with Crippen molar-refractivity contribution in [3.63, 3.8) is 0 Å². The number of methoxy groups -OCH3 is 1. The predicted molar refractivity (Wildman–Crippen MR) is 78.2 cm³/mol. The van der Waals surface area contributed by atoms with Gasteiger partial charge in [-0.25, -0.2) is 12.7 Å². The molecule has 0 aromatic rings. The lowest BCUT2D eigenvalue weighted by Gasteiger charge is -2.21. The molecule has 1 heterocycles. The van der Waals surface area contributed by atoms with Gasteiger partial charge in [-0.3, -0.25) is 4.90 Å². The van der Waals surface area contributed by atoms with E-state index in [4.69, 9.17) is 16.3 Å². The molecule has 0 N–H and O–H groups in total. The average Bonchev–Trinajstić information content (AvgIpc) is 2.62. The van der Waals surface area contributed by atoms with Gasteiger partial charge in [0, 0.05) is 39.2 Å². The van der Waals surface area contributed by atoms with Crippen LogP contribution in [0.2, 0.25) is 0 Å². The van der Waals surface area contributed by atoms with Gasteiger partial charge in [0.1, 0.15) is 0 Å². The van der Waals surface area contributed by atoms with Crippen LogP contribution in [0.15, 0.2) is 0 Å². The first-order valence-electron chi connectivity index (χ1n) is 6.85. The SMILES string of the molecule is COCCN1CCCN(S(=O)(=O)CCCCCl)CC1. The molecule has 19 heavy (non-hydrogen) atoms. The molecular formula is C12H25ClN2O3S. The standard InChI is InChI=1S/C12H25ClN2O3S/c1-18-11-10-14-6-4-7-15(9-8-14)19(16,17)12-3-2-5-13/h2-12H2,1H3. The fourth-order valence-electron chi connectivity index (χ4n) is 2.18. The lowest BCUT2D eigenvalue weighted by molar-refractivity contribution is 0.151. The molecule has 0 spiro atoms. The highest BCUT2D eigenvalue weighted by molar-refractivity contribution is 7.89. The van der Waals surface area contributed by atoms with Crippen molar-refractivity contribution in [2.75, 3.05) is 58.1 Å². The van der Waals surface area contributed by atoms with Crippen LogP contribution in [0.3, 0.4) is 0 Å². The highest BCUT2D eigenvalue weighted by Crippen LogP contribution is 2.10. The minimum absolute atomic E-state index is 0.220. The van der Waals surface area contributed by atoms with Gasteiger partial charge >= 0.3 is 0 Å². The van der Waals surface area contributed by atoms with Crippen molar-refractivity contribution in [3.05, 3.63) is 0 Å². The van der Waals surface area contributed by atoms with Crippen LogP contribution in [0.25, 0.3) is 0 Å². The fraction of sp³-hybridized carbons (Fsp3) is 1.00. The molecule has 0 unspecified atom stereocenters. The molecule has 1 saturated heterocycles. The Kier molecular flexibility index (Phi) is 8.25. The molecule has 0 aromatic heterocycles. The van der Waals surface area contributed by atoms with Crippen molar-refractivity contribution in [3.8, 4) is 0 Å². The molecule has 0 aromatic carbocycles. The van der Waals surface area contributed by atoms with E-state index in [2.05, 4.69) is 4.90 Å². The van der Waals surface area contributed by atoms with Crippen LogP contribution in [0, 0.1) is 0 Å². The maximum Gasteiger partial charge on any atom is 0.214 e. The Morgan fingerprint density at radius 1 is 1.16 bits per heavy atom. The second-order valence-electron chi connectivity index (χ2n) is 4.80. The summed E-state index contributed by atoms with van der Waals surface area (Å²) in [6.07, 6.45) is 2.29. The summed E-state index contributed by atoms with van der Waals surface area (Å²) in [5, 5.41) is 0. The molecule has 0 aliphatic carbocycles. The van der Waals surface area contributed by atoms with Crippen LogP contribution < -0.4 is 0 Å². The first kappa shape index (κ1) is 17.2. The molecule has 0 amide bonds. The minimum Gasteiger partial charge on any atom is -0.383 e. The predicted octanol–water partition coefficient (Wildman–Crippen LogP) is 0.989. The third-order valence-electron chi connectivity index (χ3n) is 3.34. The first-order valence-corrected chi connectivity index (χ1v) is 8.99. The van der Waals surface area contributed by atoms with E-state index in [1.165, 1.54) is 0 Å². The Balaban J connectivity index is 2.42. The summed E-state index contributed by atoms with van der Waals surface area (Å²) < 4.78 is 31.0. The van der Waals surface area contributed by atoms with Gasteiger partial charge in [0.2, 0.25) is 10.0 Å². The second kappa shape index (κ2) is 9.13. The molecule has 0 bridgehead atoms. The van der Waals surface area contributed by atoms with E-state index in [9.17, 15) is 8.42 Å². The van der Waals surface area contributed by atoms with Gasteiger partial charge in [0.15, 0.2) is 0 Å². The fourth-order valence-corrected chi connectivity index (χ4v) is 3.96. The molecule has 7 heteroatoms. The summed E-state index contributed by atoms with van der Waals surface area (Å²) in [5.41, 5.74) is 0. The Hall–Kier alpha value is 0.120. The van der Waals surface area contributed by atoms with Gasteiger partial charge in [-0.1, -0.05) is 0 Å². The smallest absolute Gasteiger partial charge is 0.214 e. The highest BCUT2D eigenvalue weighted by atomic mass is 35.5. The summed E-state index contributed by atoms with van der Waals surface area (Å²) >= 11 is 5.58. The normalized spacial score (nSPS) is 19.5. The lowest BCUT2D eigenvalue weighted by atomic mass is 10.4. The molecule has 1 fully saturated rings. The van der Waals surface area contributed by atoms with Crippen LogP contribution in [0.4, 0.5) is 0 Å². The molecule has 114 valence electrons. The average molecular weight is 313 g/mol. The van der Waals surface area contributed by atoms with Gasteiger partial charge in [0.05, 0.1) is 12.4 Å². The van der Waals surface area contributed by atoms with Crippen LogP contribution >= 0.6 is 11.6 Å². The van der Waals surface area contributed by atoms with Gasteiger partial charge in [-0.15, -0.1) is 11.6 Å². The lowest BCUT2D eigenvalue weighted by Crippen LogP contribution is -2.37. The minimum atomic E-state index is -3.11. The van der Waals surface area contributed by atoms with Gasteiger partial charge in [-0.05, 0) is 25.8 Å². The summed E-state index contributed by atoms with van der Waals surface area (Å²) in [4.78, 5) is 2.26. The topological polar surface area (TPSA) is 49.9 Å². The number of halogens is 1. The number of sulfonamides is 1. The van der Waals surface area contributed by atoms with E-state index in [1.807, 2.05) is 0 Å². The van der Waals surface area contributed by atoms with Crippen molar-refractivity contribution in [2.45, 2.75) is 19.3 Å². The molecule has 0 saturated carbocycles. The number of hydrogen-bond donors (Lipinski definition) is 0. The van der Waals surface area contributed by atoms with E-state index < -0.39 is 10.0 Å². The molecule has 1 aliphatic heterocycles. The van der Waals surface area contributed by atoms with Crippen molar-refractivity contribution in [2.24, 2.45) is 0 Å². The number of ether oxygens (including phenoxy) is 1. The van der Waals surface area contributed by atoms with E-state index in [-0.39, 0.29) is 5.75 Å². The summed E-state index contributed by atoms with van der Waals surface area (Å²) in [6, 6.07) is 0. The van der Waals surface area contributed by atoms with E-state index in [0.717, 1.165) is 32.5 Å². The summed E-state index contributed by atoms with van der Waals surface area (Å²) in [7, 11) is -1.42. The van der Waals surface area contributed by atoms with Crippen LogP contribution in [0.5, 0.6) is 0 Å². The second-order valence-corrected chi connectivity index (χ2v) is 7.27. The van der Waals surface area contributed by atoms with Gasteiger partial charge < -0.3 is 4.74 Å². The zero-order valence-electron chi connectivity index (χ0n) is 11.7. The van der Waals surface area contributed by atoms with Crippen LogP contribution in [-0.4, -0.2) is 75.7 Å². The Bertz CT molecular complexity index is 338. The molecule has 0 atom stereocenters. The van der Waals surface area contributed by atoms with Crippen molar-refractivity contribution >= 4 is 21.6 Å². The zero-order valence-corrected chi connectivity index (χ0v) is 13.3. The van der Waals surface area contributed by atoms with E-state index in [0.29, 0.717) is 32.0 Å². The quantitative estimate of drug-likeness (QED) is 0.495. The highest BCUT2D eigenvalue weighted by Gasteiger charge is 2.24. The number of nitrogens with zero attached hydrogens (tertiary/aromatic N) is 2. The summed E-state index contributed by atoms with van der Waals surface area (Å²) in [6.45, 7) is 4.52. The van der Waals surface area contributed by atoms with Gasteiger partial charge in [0.25, 0.3) is 0 Å². The number of hydrogen-bond acceptors (Lipinski definition) is 4. The molecule has 5 nitrogen and oxygen atoms in total. The number of alkyl halides is 1. The Morgan fingerprint density at radius 2 is 1.95 bits per heavy atom. The van der Waals surface area contributed by atoms with Gasteiger partial charge in [-0.2, -0.15) is 0 Å². The number of rotatable bonds is 8. The third kappa shape index (κ3) is 6.40. The van der Waals surface area contributed by atoms with Crippen LogP contribution in [0.1, 0.15) is 19.3 Å². The van der Waals surface area contributed by atoms with E-state index in [1.54, 1.807) is 11.4 Å². The number of unbranched alkanes of at least 4 members (excludes halogenated alkanes) is 1. The third-order valence-corrected chi connectivity index (χ3v) is 5.56. The Morgan fingerprint density at radius 3 is 2.63 bits per heavy atom. The maximum absolute atomic E-state index is 12.2. The zero-order chi connectivity index (χ0) is 14.1. The van der Waals surface area contributed by atoms with Crippen LogP contribution in [-0.2, 0) is 14.8 Å². The van der Waals surface area contributed by atoms with E-state index >= 15 is 0 Å².